The van der Waals surface area contributed by atoms with Crippen LogP contribution in [-0.2, 0) is 0 Å². The van der Waals surface area contributed by atoms with E-state index in [1.54, 1.807) is 31.4 Å². The third-order valence-corrected chi connectivity index (χ3v) is 5.12. The van der Waals surface area contributed by atoms with Crippen molar-refractivity contribution >= 4 is 11.8 Å². The number of likely N-dealkylation sites (tertiary alicyclic amines) is 1. The number of carboxylic acid groups (broad SMARTS) is 1. The van der Waals surface area contributed by atoms with Gasteiger partial charge in [0.2, 0.25) is 0 Å². The maximum Gasteiger partial charge on any atom is 0.343 e. The fourth-order valence-electron chi connectivity index (χ4n) is 3.61. The van der Waals surface area contributed by atoms with E-state index in [4.69, 9.17) is 9.26 Å². The average Bonchev–Trinajstić information content (AvgIpc) is 3.32. The lowest BCUT2D eigenvalue weighted by Gasteiger charge is -2.31. The van der Waals surface area contributed by atoms with Crippen LogP contribution in [0.3, 0.4) is 0 Å². The number of hydrogen-bond donors (Lipinski definition) is 2. The third kappa shape index (κ3) is 4.24. The van der Waals surface area contributed by atoms with Crippen molar-refractivity contribution in [3.05, 3.63) is 29.8 Å². The van der Waals surface area contributed by atoms with E-state index in [0.717, 1.165) is 13.1 Å². The van der Waals surface area contributed by atoms with Crippen LogP contribution in [-0.4, -0.2) is 53.9 Å². The number of ether oxygens (including phenoxy) is 1. The predicted molar refractivity (Wildman–Crippen MR) is 103 cm³/mol. The second-order valence-corrected chi connectivity index (χ2v) is 7.20. The predicted octanol–water partition coefficient (Wildman–Crippen LogP) is 3.58. The van der Waals surface area contributed by atoms with E-state index in [0.29, 0.717) is 29.8 Å². The minimum atomic E-state index is -1.06. The lowest BCUT2D eigenvalue weighted by atomic mass is 10.0. The summed E-state index contributed by atoms with van der Waals surface area (Å²) in [5.74, 6) is 0.607. The highest BCUT2D eigenvalue weighted by molar-refractivity contribution is 5.99. The molecule has 0 aliphatic carbocycles. The zero-order chi connectivity index (χ0) is 19.4. The highest BCUT2D eigenvalue weighted by atomic mass is 16.5. The lowest BCUT2D eigenvalue weighted by Crippen LogP contribution is -2.42. The molecule has 1 aliphatic rings. The second-order valence-electron chi connectivity index (χ2n) is 7.20. The van der Waals surface area contributed by atoms with Crippen molar-refractivity contribution in [2.24, 2.45) is 5.92 Å². The molecule has 0 spiro atoms. The van der Waals surface area contributed by atoms with Gasteiger partial charge in [-0.05, 0) is 56.1 Å². The van der Waals surface area contributed by atoms with Gasteiger partial charge in [-0.15, -0.1) is 0 Å². The molecule has 146 valence electrons. The zero-order valence-corrected chi connectivity index (χ0v) is 16.1. The fourth-order valence-corrected chi connectivity index (χ4v) is 3.61. The maximum absolute atomic E-state index is 11.9. The summed E-state index contributed by atoms with van der Waals surface area (Å²) in [5, 5.41) is 16.9. The van der Waals surface area contributed by atoms with E-state index >= 15 is 0 Å². The van der Waals surface area contributed by atoms with Gasteiger partial charge in [-0.2, -0.15) is 0 Å². The highest BCUT2D eigenvalue weighted by Gasteiger charge is 2.27. The van der Waals surface area contributed by atoms with Gasteiger partial charge >= 0.3 is 5.97 Å². The van der Waals surface area contributed by atoms with Crippen LogP contribution >= 0.6 is 0 Å². The van der Waals surface area contributed by atoms with Crippen LogP contribution in [0.2, 0.25) is 0 Å². The number of carbonyl (C=O) groups is 1. The number of aromatic carboxylic acids is 1. The first-order valence-electron chi connectivity index (χ1n) is 9.36. The van der Waals surface area contributed by atoms with Gasteiger partial charge in [-0.25, -0.2) is 4.79 Å². The number of carboxylic acids is 1. The molecular weight excluding hydrogens is 346 g/mol. The van der Waals surface area contributed by atoms with Gasteiger partial charge in [0.15, 0.2) is 17.1 Å². The first kappa shape index (κ1) is 19.2. The van der Waals surface area contributed by atoms with Crippen molar-refractivity contribution in [2.45, 2.75) is 32.7 Å². The Kier molecular flexibility index (Phi) is 6.01. The van der Waals surface area contributed by atoms with Crippen molar-refractivity contribution in [3.8, 4) is 17.1 Å². The molecule has 0 saturated carbocycles. The number of nitrogens with zero attached hydrogens (tertiary/aromatic N) is 2. The van der Waals surface area contributed by atoms with Crippen LogP contribution in [0.25, 0.3) is 11.3 Å². The van der Waals surface area contributed by atoms with Gasteiger partial charge in [-0.1, -0.05) is 19.0 Å². The van der Waals surface area contributed by atoms with E-state index in [9.17, 15) is 9.90 Å². The topological polar surface area (TPSA) is 87.8 Å². The van der Waals surface area contributed by atoms with Gasteiger partial charge in [0, 0.05) is 18.2 Å². The van der Waals surface area contributed by atoms with Gasteiger partial charge in [0.05, 0.1) is 7.11 Å². The summed E-state index contributed by atoms with van der Waals surface area (Å²) in [4.78, 5) is 14.3. The molecule has 1 unspecified atom stereocenters. The largest absolute Gasteiger partial charge is 0.497 e. The summed E-state index contributed by atoms with van der Waals surface area (Å²) >= 11 is 0. The maximum atomic E-state index is 11.9. The number of aromatic nitrogens is 1. The van der Waals surface area contributed by atoms with E-state index in [1.165, 1.54) is 12.8 Å². The van der Waals surface area contributed by atoms with Crippen molar-refractivity contribution < 1.29 is 19.2 Å². The summed E-state index contributed by atoms with van der Waals surface area (Å²) < 4.78 is 10.5. The van der Waals surface area contributed by atoms with E-state index in [1.807, 2.05) is 0 Å². The Hall–Kier alpha value is -2.54. The molecule has 1 aliphatic heterocycles. The first-order chi connectivity index (χ1) is 13.0. The van der Waals surface area contributed by atoms with Crippen LogP contribution in [0, 0.1) is 5.92 Å². The molecule has 3 rings (SSSR count). The summed E-state index contributed by atoms with van der Waals surface area (Å²) in [5.41, 5.74) is 0.706. The molecule has 1 fully saturated rings. The average molecular weight is 373 g/mol. The smallest absolute Gasteiger partial charge is 0.343 e. The summed E-state index contributed by atoms with van der Waals surface area (Å²) in [6.45, 7) is 7.19. The fraction of sp³-hybridized carbons (Fsp3) is 0.500. The molecule has 1 aromatic heterocycles. The Labute approximate surface area is 159 Å². The Balaban J connectivity index is 1.81. The van der Waals surface area contributed by atoms with E-state index in [2.05, 4.69) is 29.2 Å². The molecule has 0 amide bonds. The monoisotopic (exact) mass is 373 g/mol. The number of benzene rings is 1. The molecule has 1 aromatic carbocycles. The number of rotatable bonds is 8. The molecule has 7 heteroatoms. The molecular formula is C20H27N3O4. The SMILES string of the molecule is COc1ccc(-c2onc(NCC(C(C)C)N3CCCC3)c2C(=O)O)cc1. The second kappa shape index (κ2) is 8.43. The molecule has 0 radical (unpaired) electrons. The summed E-state index contributed by atoms with van der Waals surface area (Å²) in [7, 11) is 1.58. The number of methoxy groups -OCH3 is 1. The van der Waals surface area contributed by atoms with E-state index in [-0.39, 0.29) is 17.1 Å². The summed E-state index contributed by atoms with van der Waals surface area (Å²) in [6, 6.07) is 7.38. The van der Waals surface area contributed by atoms with Crippen LogP contribution in [0.4, 0.5) is 5.82 Å². The number of nitrogens with one attached hydrogen (secondary N) is 1. The third-order valence-electron chi connectivity index (χ3n) is 5.12. The number of hydrogen-bond acceptors (Lipinski definition) is 6. The normalized spacial score (nSPS) is 15.9. The van der Waals surface area contributed by atoms with Crippen molar-refractivity contribution in [1.82, 2.24) is 10.1 Å². The van der Waals surface area contributed by atoms with Gasteiger partial charge in [0.1, 0.15) is 5.75 Å². The Morgan fingerprint density at radius 2 is 1.96 bits per heavy atom. The van der Waals surface area contributed by atoms with Crippen molar-refractivity contribution in [1.29, 1.82) is 0 Å². The molecule has 0 bridgehead atoms. The molecule has 7 nitrogen and oxygen atoms in total. The van der Waals surface area contributed by atoms with Gasteiger partial charge in [0.25, 0.3) is 0 Å². The number of anilines is 1. The first-order valence-corrected chi connectivity index (χ1v) is 9.36. The standard InChI is InChI=1S/C20H27N3O4/c1-13(2)16(23-10-4-5-11-23)12-21-19-17(20(24)25)18(27-22-19)14-6-8-15(26-3)9-7-14/h6-9,13,16H,4-5,10-12H2,1-3H3,(H,21,22)(H,24,25). The molecule has 1 atom stereocenters. The Morgan fingerprint density at radius 1 is 1.30 bits per heavy atom. The van der Waals surface area contributed by atoms with Crippen molar-refractivity contribution in [3.63, 3.8) is 0 Å². The Bertz CT molecular complexity index is 764. The Morgan fingerprint density at radius 3 is 2.52 bits per heavy atom. The highest BCUT2D eigenvalue weighted by Crippen LogP contribution is 2.31. The molecule has 27 heavy (non-hydrogen) atoms. The van der Waals surface area contributed by atoms with Gasteiger partial charge < -0.3 is 19.7 Å². The molecule has 2 heterocycles. The van der Waals surface area contributed by atoms with Crippen LogP contribution < -0.4 is 10.1 Å². The molecule has 2 aromatic rings. The van der Waals surface area contributed by atoms with Crippen LogP contribution in [0.15, 0.2) is 28.8 Å². The molecule has 1 saturated heterocycles. The minimum absolute atomic E-state index is 0.0593. The van der Waals surface area contributed by atoms with Crippen LogP contribution in [0.1, 0.15) is 37.0 Å². The molecule has 2 N–H and O–H groups in total. The van der Waals surface area contributed by atoms with Gasteiger partial charge in [-0.3, -0.25) is 4.90 Å². The quantitative estimate of drug-likeness (QED) is 0.731. The summed E-state index contributed by atoms with van der Waals surface area (Å²) in [6.07, 6.45) is 2.43. The zero-order valence-electron chi connectivity index (χ0n) is 16.1. The van der Waals surface area contributed by atoms with Crippen molar-refractivity contribution in [2.75, 3.05) is 32.1 Å². The lowest BCUT2D eigenvalue weighted by molar-refractivity contribution is 0.0698. The van der Waals surface area contributed by atoms with E-state index < -0.39 is 5.97 Å². The van der Waals surface area contributed by atoms with Crippen LogP contribution in [0.5, 0.6) is 5.75 Å². The minimum Gasteiger partial charge on any atom is -0.497 e.